The molecule has 1 unspecified atom stereocenters. The summed E-state index contributed by atoms with van der Waals surface area (Å²) in [5.74, 6) is 0.571. The van der Waals surface area contributed by atoms with Crippen LogP contribution in [0.2, 0.25) is 0 Å². The Labute approximate surface area is 109 Å². The van der Waals surface area contributed by atoms with Crippen molar-refractivity contribution in [2.45, 2.75) is 19.9 Å². The van der Waals surface area contributed by atoms with Gasteiger partial charge in [0.1, 0.15) is 5.56 Å². The molecule has 0 amide bonds. The predicted molar refractivity (Wildman–Crippen MR) is 68.5 cm³/mol. The lowest BCUT2D eigenvalue weighted by Crippen LogP contribution is -2.17. The van der Waals surface area contributed by atoms with Crippen LogP contribution in [0.25, 0.3) is 11.5 Å². The molecule has 2 rings (SSSR count). The lowest BCUT2D eigenvalue weighted by molar-refractivity contribution is -0.384. The zero-order valence-corrected chi connectivity index (χ0v) is 10.7. The first-order valence-corrected chi connectivity index (χ1v) is 5.94. The van der Waals surface area contributed by atoms with Gasteiger partial charge in [0.15, 0.2) is 0 Å². The number of hydrogen-bond donors (Lipinski definition) is 1. The van der Waals surface area contributed by atoms with Crippen molar-refractivity contribution < 1.29 is 9.34 Å². The summed E-state index contributed by atoms with van der Waals surface area (Å²) >= 11 is 0. The van der Waals surface area contributed by atoms with Crippen LogP contribution in [0.4, 0.5) is 5.69 Å². The number of nitro benzene ring substituents is 1. The van der Waals surface area contributed by atoms with Crippen molar-refractivity contribution >= 4 is 5.69 Å². The highest BCUT2D eigenvalue weighted by atomic mass is 16.6. The number of nitrogens with one attached hydrogen (secondary N) is 1. The van der Waals surface area contributed by atoms with Crippen LogP contribution < -0.4 is 5.32 Å². The molecule has 7 heteroatoms. The van der Waals surface area contributed by atoms with Gasteiger partial charge >= 0.3 is 0 Å². The minimum Gasteiger partial charge on any atom is -0.419 e. The summed E-state index contributed by atoms with van der Waals surface area (Å²) < 4.78 is 5.49. The molecule has 7 nitrogen and oxygen atoms in total. The van der Waals surface area contributed by atoms with Gasteiger partial charge in [-0.1, -0.05) is 19.1 Å². The molecule has 2 aromatic rings. The topological polar surface area (TPSA) is 94.1 Å². The predicted octanol–water partition coefficient (Wildman–Crippen LogP) is 2.32. The molecule has 1 atom stereocenters. The maximum Gasteiger partial charge on any atom is 0.282 e. The molecule has 19 heavy (non-hydrogen) atoms. The van der Waals surface area contributed by atoms with Gasteiger partial charge in [0, 0.05) is 6.07 Å². The SMILES string of the molecule is CCNC(C)c1nnc(-c2ccccc2[N+](=O)[O-])o1. The van der Waals surface area contributed by atoms with Crippen molar-refractivity contribution in [3.63, 3.8) is 0 Å². The van der Waals surface area contributed by atoms with E-state index in [1.54, 1.807) is 18.2 Å². The van der Waals surface area contributed by atoms with Gasteiger partial charge in [-0.15, -0.1) is 10.2 Å². The molecule has 0 radical (unpaired) electrons. The summed E-state index contributed by atoms with van der Waals surface area (Å²) in [4.78, 5) is 10.5. The van der Waals surface area contributed by atoms with E-state index >= 15 is 0 Å². The molecule has 0 saturated heterocycles. The first-order chi connectivity index (χ1) is 9.13. The second-order valence-electron chi connectivity index (χ2n) is 4.00. The third kappa shape index (κ3) is 2.76. The number of rotatable bonds is 5. The molecule has 0 aliphatic carbocycles. The van der Waals surface area contributed by atoms with E-state index in [4.69, 9.17) is 4.42 Å². The second kappa shape index (κ2) is 5.57. The Kier molecular flexibility index (Phi) is 3.86. The highest BCUT2D eigenvalue weighted by Crippen LogP contribution is 2.29. The van der Waals surface area contributed by atoms with Crippen LogP contribution in [0.1, 0.15) is 25.8 Å². The number of nitrogens with zero attached hydrogens (tertiary/aromatic N) is 3. The zero-order valence-electron chi connectivity index (χ0n) is 10.7. The molecule has 0 aliphatic rings. The van der Waals surface area contributed by atoms with Gasteiger partial charge in [-0.25, -0.2) is 0 Å². The number of hydrogen-bond acceptors (Lipinski definition) is 6. The average molecular weight is 262 g/mol. The smallest absolute Gasteiger partial charge is 0.282 e. The molecular formula is C12H14N4O3. The highest BCUT2D eigenvalue weighted by molar-refractivity contribution is 5.66. The van der Waals surface area contributed by atoms with E-state index in [0.717, 1.165) is 6.54 Å². The summed E-state index contributed by atoms with van der Waals surface area (Å²) in [5, 5.41) is 21.9. The fourth-order valence-electron chi connectivity index (χ4n) is 1.73. The van der Waals surface area contributed by atoms with Gasteiger partial charge in [-0.05, 0) is 19.5 Å². The highest BCUT2D eigenvalue weighted by Gasteiger charge is 2.20. The van der Waals surface area contributed by atoms with Gasteiger partial charge in [0.25, 0.3) is 11.6 Å². The number of aromatic nitrogens is 2. The van der Waals surface area contributed by atoms with E-state index in [9.17, 15) is 10.1 Å². The normalized spacial score (nSPS) is 12.3. The molecular weight excluding hydrogens is 248 g/mol. The van der Waals surface area contributed by atoms with E-state index in [-0.39, 0.29) is 17.6 Å². The number of para-hydroxylation sites is 1. The van der Waals surface area contributed by atoms with Gasteiger partial charge < -0.3 is 9.73 Å². The Hall–Kier alpha value is -2.28. The fraction of sp³-hybridized carbons (Fsp3) is 0.333. The summed E-state index contributed by atoms with van der Waals surface area (Å²) in [6, 6.07) is 6.20. The lowest BCUT2D eigenvalue weighted by atomic mass is 10.2. The maximum atomic E-state index is 10.9. The Morgan fingerprint density at radius 1 is 1.42 bits per heavy atom. The Bertz CT molecular complexity index is 582. The molecule has 0 aliphatic heterocycles. The van der Waals surface area contributed by atoms with Gasteiger partial charge in [-0.3, -0.25) is 10.1 Å². The second-order valence-corrected chi connectivity index (χ2v) is 4.00. The van der Waals surface area contributed by atoms with Crippen molar-refractivity contribution in [3.05, 3.63) is 40.3 Å². The summed E-state index contributed by atoms with van der Waals surface area (Å²) in [6.45, 7) is 4.63. The number of benzene rings is 1. The molecule has 0 saturated carbocycles. The Morgan fingerprint density at radius 2 is 2.16 bits per heavy atom. The maximum absolute atomic E-state index is 10.9. The molecule has 100 valence electrons. The molecule has 0 bridgehead atoms. The van der Waals surface area contributed by atoms with Crippen molar-refractivity contribution in [2.24, 2.45) is 0 Å². The average Bonchev–Trinajstić information content (AvgIpc) is 2.88. The largest absolute Gasteiger partial charge is 0.419 e. The fourth-order valence-corrected chi connectivity index (χ4v) is 1.73. The standard InChI is InChI=1S/C12H14N4O3/c1-3-13-8(2)11-14-15-12(19-11)9-6-4-5-7-10(9)16(17)18/h4-8,13H,3H2,1-2H3. The molecule has 1 N–H and O–H groups in total. The van der Waals surface area contributed by atoms with Crippen molar-refractivity contribution in [1.29, 1.82) is 0 Å². The summed E-state index contributed by atoms with van der Waals surface area (Å²) in [5.41, 5.74) is 0.281. The third-order valence-electron chi connectivity index (χ3n) is 2.65. The van der Waals surface area contributed by atoms with E-state index in [0.29, 0.717) is 11.5 Å². The molecule has 1 heterocycles. The van der Waals surface area contributed by atoms with Crippen LogP contribution in [0.5, 0.6) is 0 Å². The molecule has 1 aromatic heterocycles. The van der Waals surface area contributed by atoms with E-state index in [2.05, 4.69) is 15.5 Å². The minimum atomic E-state index is -0.465. The van der Waals surface area contributed by atoms with E-state index < -0.39 is 4.92 Å². The monoisotopic (exact) mass is 262 g/mol. The summed E-state index contributed by atoms with van der Waals surface area (Å²) in [6.07, 6.45) is 0. The van der Waals surface area contributed by atoms with E-state index in [1.807, 2.05) is 13.8 Å². The third-order valence-corrected chi connectivity index (χ3v) is 2.65. The van der Waals surface area contributed by atoms with Crippen LogP contribution in [0, 0.1) is 10.1 Å². The Morgan fingerprint density at radius 3 is 2.84 bits per heavy atom. The van der Waals surface area contributed by atoms with Crippen LogP contribution in [0.3, 0.4) is 0 Å². The van der Waals surface area contributed by atoms with Crippen LogP contribution in [0.15, 0.2) is 28.7 Å². The summed E-state index contributed by atoms with van der Waals surface area (Å²) in [7, 11) is 0. The zero-order chi connectivity index (χ0) is 13.8. The van der Waals surface area contributed by atoms with Crippen LogP contribution >= 0.6 is 0 Å². The van der Waals surface area contributed by atoms with Gasteiger partial charge in [0.05, 0.1) is 11.0 Å². The van der Waals surface area contributed by atoms with Gasteiger partial charge in [0.2, 0.25) is 5.89 Å². The van der Waals surface area contributed by atoms with Crippen molar-refractivity contribution in [3.8, 4) is 11.5 Å². The van der Waals surface area contributed by atoms with Crippen molar-refractivity contribution in [2.75, 3.05) is 6.54 Å². The van der Waals surface area contributed by atoms with Crippen LogP contribution in [-0.2, 0) is 0 Å². The molecule has 1 aromatic carbocycles. The number of nitro groups is 1. The van der Waals surface area contributed by atoms with Crippen molar-refractivity contribution in [1.82, 2.24) is 15.5 Å². The first-order valence-electron chi connectivity index (χ1n) is 5.94. The minimum absolute atomic E-state index is 0.0474. The molecule has 0 spiro atoms. The van der Waals surface area contributed by atoms with E-state index in [1.165, 1.54) is 6.07 Å². The van der Waals surface area contributed by atoms with Gasteiger partial charge in [-0.2, -0.15) is 0 Å². The lowest BCUT2D eigenvalue weighted by Gasteiger charge is -2.05. The van der Waals surface area contributed by atoms with Crippen LogP contribution in [-0.4, -0.2) is 21.7 Å². The molecule has 0 fully saturated rings. The first kappa shape index (κ1) is 13.2. The quantitative estimate of drug-likeness (QED) is 0.656. The Balaban J connectivity index is 2.35.